The Morgan fingerprint density at radius 3 is 2.68 bits per heavy atom. The Morgan fingerprint density at radius 2 is 2.05 bits per heavy atom. The van der Waals surface area contributed by atoms with E-state index in [4.69, 9.17) is 4.74 Å². The molecule has 0 atom stereocenters. The van der Waals surface area contributed by atoms with Crippen molar-refractivity contribution in [2.24, 2.45) is 5.41 Å². The molecule has 2 rings (SSSR count). The highest BCUT2D eigenvalue weighted by Gasteiger charge is 2.23. The normalized spacial score (nSPS) is 17.5. The van der Waals surface area contributed by atoms with Gasteiger partial charge in [-0.1, -0.05) is 26.8 Å². The van der Waals surface area contributed by atoms with Crippen LogP contribution in [0.2, 0.25) is 0 Å². The minimum absolute atomic E-state index is 0.0972. The summed E-state index contributed by atoms with van der Waals surface area (Å²) in [6.45, 7) is 8.32. The Balaban J connectivity index is 2.37. The van der Waals surface area contributed by atoms with Crippen LogP contribution in [0.15, 0.2) is 18.2 Å². The van der Waals surface area contributed by atoms with Crippen LogP contribution in [-0.2, 0) is 21.2 Å². The number of hydrogen-bond donors (Lipinski definition) is 1. The molecule has 5 nitrogen and oxygen atoms in total. The molecule has 0 radical (unpaired) electrons. The summed E-state index contributed by atoms with van der Waals surface area (Å²) in [5.41, 5.74) is 3.01. The van der Waals surface area contributed by atoms with Crippen molar-refractivity contribution in [2.45, 2.75) is 27.2 Å². The summed E-state index contributed by atoms with van der Waals surface area (Å²) in [7, 11) is -1.61. The topological polar surface area (TPSA) is 58.6 Å². The second kappa shape index (κ2) is 6.46. The van der Waals surface area contributed by atoms with Crippen molar-refractivity contribution in [1.82, 2.24) is 0 Å². The Hall–Kier alpha value is -1.27. The van der Waals surface area contributed by atoms with Gasteiger partial charge in [0.2, 0.25) is 10.0 Å². The molecule has 6 heteroatoms. The van der Waals surface area contributed by atoms with Crippen LogP contribution in [0.5, 0.6) is 0 Å². The summed E-state index contributed by atoms with van der Waals surface area (Å²) in [5.74, 6) is 0.0972. The molecular formula is C16H26N2O3S. The van der Waals surface area contributed by atoms with Gasteiger partial charge in [-0.2, -0.15) is 0 Å². The number of fused-ring (bicyclic) bond motifs is 1. The fraction of sp³-hybridized carbons (Fsp3) is 0.625. The second-order valence-corrected chi connectivity index (χ2v) is 8.83. The van der Waals surface area contributed by atoms with Gasteiger partial charge in [-0.3, -0.25) is 4.72 Å². The van der Waals surface area contributed by atoms with Crippen LogP contribution in [0.25, 0.3) is 0 Å². The molecule has 0 fully saturated rings. The molecule has 0 unspecified atom stereocenters. The average Bonchev–Trinajstić information content (AvgIpc) is 2.50. The molecule has 0 amide bonds. The highest BCUT2D eigenvalue weighted by atomic mass is 32.2. The van der Waals surface area contributed by atoms with Gasteiger partial charge in [-0.25, -0.2) is 8.42 Å². The van der Waals surface area contributed by atoms with Gasteiger partial charge in [0, 0.05) is 20.2 Å². The van der Waals surface area contributed by atoms with Gasteiger partial charge in [0.05, 0.1) is 23.7 Å². The van der Waals surface area contributed by atoms with Crippen molar-refractivity contribution >= 4 is 21.4 Å². The van der Waals surface area contributed by atoms with E-state index < -0.39 is 10.0 Å². The molecule has 1 aromatic rings. The van der Waals surface area contributed by atoms with E-state index in [0.29, 0.717) is 25.4 Å². The summed E-state index contributed by atoms with van der Waals surface area (Å²) in [6, 6.07) is 5.98. The molecule has 22 heavy (non-hydrogen) atoms. The lowest BCUT2D eigenvalue weighted by molar-refractivity contribution is 0.205. The van der Waals surface area contributed by atoms with E-state index in [1.165, 1.54) is 5.56 Å². The van der Waals surface area contributed by atoms with Gasteiger partial charge in [0.1, 0.15) is 0 Å². The van der Waals surface area contributed by atoms with Crippen LogP contribution in [0.1, 0.15) is 26.3 Å². The van der Waals surface area contributed by atoms with Gasteiger partial charge in [-0.05, 0) is 29.5 Å². The molecule has 1 heterocycles. The van der Waals surface area contributed by atoms with Gasteiger partial charge < -0.3 is 9.64 Å². The Bertz CT molecular complexity index is 621. The number of nitrogens with one attached hydrogen (secondary N) is 1. The molecule has 0 aliphatic carbocycles. The van der Waals surface area contributed by atoms with Crippen LogP contribution in [0.4, 0.5) is 11.4 Å². The number of benzene rings is 1. The third kappa shape index (κ3) is 4.61. The molecule has 0 saturated carbocycles. The monoisotopic (exact) mass is 326 g/mol. The highest BCUT2D eigenvalue weighted by molar-refractivity contribution is 7.92. The number of anilines is 2. The molecule has 0 spiro atoms. The minimum Gasteiger partial charge on any atom is -0.383 e. The van der Waals surface area contributed by atoms with Crippen molar-refractivity contribution in [1.29, 1.82) is 0 Å². The summed E-state index contributed by atoms with van der Waals surface area (Å²) < 4.78 is 31.8. The van der Waals surface area contributed by atoms with Crippen molar-refractivity contribution in [3.05, 3.63) is 23.8 Å². The molecule has 1 aliphatic heterocycles. The summed E-state index contributed by atoms with van der Waals surface area (Å²) in [6.07, 6.45) is 0.950. The third-order valence-electron chi connectivity index (χ3n) is 3.60. The van der Waals surface area contributed by atoms with Crippen molar-refractivity contribution in [3.8, 4) is 0 Å². The number of methoxy groups -OCH3 is 1. The number of hydrogen-bond acceptors (Lipinski definition) is 4. The Labute approximate surface area is 133 Å². The maximum absolute atomic E-state index is 12.0. The van der Waals surface area contributed by atoms with Crippen LogP contribution in [0, 0.1) is 5.41 Å². The molecule has 1 N–H and O–H groups in total. The van der Waals surface area contributed by atoms with Gasteiger partial charge >= 0.3 is 0 Å². The van der Waals surface area contributed by atoms with Crippen molar-refractivity contribution < 1.29 is 13.2 Å². The first-order valence-corrected chi connectivity index (χ1v) is 9.23. The molecule has 1 aliphatic rings. The molecule has 1 aromatic carbocycles. The van der Waals surface area contributed by atoms with E-state index in [0.717, 1.165) is 12.1 Å². The molecular weight excluding hydrogens is 300 g/mol. The zero-order valence-corrected chi connectivity index (χ0v) is 14.7. The molecule has 0 saturated heterocycles. The van der Waals surface area contributed by atoms with Crippen molar-refractivity contribution in [3.63, 3.8) is 0 Å². The molecule has 0 aromatic heterocycles. The maximum atomic E-state index is 12.0. The van der Waals surface area contributed by atoms with Crippen molar-refractivity contribution in [2.75, 3.05) is 42.2 Å². The van der Waals surface area contributed by atoms with E-state index >= 15 is 0 Å². The predicted octanol–water partition coefficient (Wildman–Crippen LogP) is 2.48. The van der Waals surface area contributed by atoms with Crippen LogP contribution >= 0.6 is 0 Å². The van der Waals surface area contributed by atoms with E-state index in [2.05, 4.69) is 36.5 Å². The van der Waals surface area contributed by atoms with E-state index in [1.807, 2.05) is 12.1 Å². The van der Waals surface area contributed by atoms with Gasteiger partial charge in [-0.15, -0.1) is 0 Å². The van der Waals surface area contributed by atoms with E-state index in [1.54, 1.807) is 7.11 Å². The lowest BCUT2D eigenvalue weighted by Crippen LogP contribution is -2.30. The SMILES string of the molecule is COCCN1CCS(=O)(=O)Nc2ccc(CC(C)(C)C)cc21. The zero-order chi connectivity index (χ0) is 16.4. The maximum Gasteiger partial charge on any atom is 0.234 e. The van der Waals surface area contributed by atoms with Crippen LogP contribution < -0.4 is 9.62 Å². The first kappa shape index (κ1) is 17.1. The number of sulfonamides is 1. The lowest BCUT2D eigenvalue weighted by atomic mass is 9.88. The van der Waals surface area contributed by atoms with Crippen LogP contribution in [0.3, 0.4) is 0 Å². The number of nitrogens with zero attached hydrogens (tertiary/aromatic N) is 1. The third-order valence-corrected chi connectivity index (χ3v) is 4.85. The second-order valence-electron chi connectivity index (χ2n) is 6.99. The first-order chi connectivity index (χ1) is 10.2. The van der Waals surface area contributed by atoms with E-state index in [-0.39, 0.29) is 11.2 Å². The fourth-order valence-corrected chi connectivity index (χ4v) is 3.72. The Morgan fingerprint density at radius 1 is 1.32 bits per heavy atom. The lowest BCUT2D eigenvalue weighted by Gasteiger charge is -2.25. The molecule has 0 bridgehead atoms. The Kier molecular flexibility index (Phi) is 5.02. The predicted molar refractivity (Wildman–Crippen MR) is 91.1 cm³/mol. The smallest absolute Gasteiger partial charge is 0.234 e. The highest BCUT2D eigenvalue weighted by Crippen LogP contribution is 2.32. The molecule has 124 valence electrons. The number of ether oxygens (including phenoxy) is 1. The number of rotatable bonds is 4. The quantitative estimate of drug-likeness (QED) is 0.923. The largest absolute Gasteiger partial charge is 0.383 e. The summed E-state index contributed by atoms with van der Waals surface area (Å²) in [4.78, 5) is 2.09. The first-order valence-electron chi connectivity index (χ1n) is 7.57. The van der Waals surface area contributed by atoms with E-state index in [9.17, 15) is 8.42 Å². The zero-order valence-electron chi connectivity index (χ0n) is 13.8. The summed E-state index contributed by atoms with van der Waals surface area (Å²) >= 11 is 0. The van der Waals surface area contributed by atoms with Crippen LogP contribution in [-0.4, -0.2) is 41.0 Å². The minimum atomic E-state index is -3.27. The standard InChI is InChI=1S/C16H26N2O3S/c1-16(2,3)12-13-5-6-14-15(11-13)18(7-9-21-4)8-10-22(19,20)17-14/h5-6,11,17H,7-10,12H2,1-4H3. The summed E-state index contributed by atoms with van der Waals surface area (Å²) in [5, 5.41) is 0. The fourth-order valence-electron chi connectivity index (χ4n) is 2.65. The van der Waals surface area contributed by atoms with Gasteiger partial charge in [0.25, 0.3) is 0 Å². The average molecular weight is 326 g/mol. The van der Waals surface area contributed by atoms with Gasteiger partial charge in [0.15, 0.2) is 0 Å².